The van der Waals surface area contributed by atoms with Gasteiger partial charge in [0.15, 0.2) is 5.78 Å². The van der Waals surface area contributed by atoms with Crippen molar-refractivity contribution in [2.24, 2.45) is 0 Å². The molecule has 1 atom stereocenters. The van der Waals surface area contributed by atoms with Crippen LogP contribution < -0.4 is 0 Å². The maximum absolute atomic E-state index is 12.1. The Morgan fingerprint density at radius 1 is 1.58 bits per heavy atom. The van der Waals surface area contributed by atoms with Gasteiger partial charge in [-0.15, -0.1) is 11.3 Å². The first-order chi connectivity index (χ1) is 9.19. The highest BCUT2D eigenvalue weighted by molar-refractivity contribution is 7.18. The van der Waals surface area contributed by atoms with Crippen molar-refractivity contribution in [1.82, 2.24) is 4.90 Å². The minimum absolute atomic E-state index is 0.160. The number of carbonyl (C=O) groups excluding carboxylic acids is 1. The molecule has 2 rings (SSSR count). The fourth-order valence-electron chi connectivity index (χ4n) is 2.32. The van der Waals surface area contributed by atoms with Crippen LogP contribution in [0.15, 0.2) is 12.1 Å². The Kier molecular flexibility index (Phi) is 5.82. The van der Waals surface area contributed by atoms with Crippen molar-refractivity contribution in [3.63, 3.8) is 0 Å². The zero-order chi connectivity index (χ0) is 13.7. The molecule has 1 unspecified atom stereocenters. The number of rotatable bonds is 6. The molecule has 1 saturated heterocycles. The second kappa shape index (κ2) is 7.39. The molecule has 1 aromatic heterocycles. The third-order valence-electron chi connectivity index (χ3n) is 3.24. The first-order valence-corrected chi connectivity index (χ1v) is 8.01. The van der Waals surface area contributed by atoms with Gasteiger partial charge in [0.2, 0.25) is 0 Å². The smallest absolute Gasteiger partial charge is 0.186 e. The van der Waals surface area contributed by atoms with E-state index >= 15 is 0 Å². The summed E-state index contributed by atoms with van der Waals surface area (Å²) in [5, 5.41) is 0. The zero-order valence-electron chi connectivity index (χ0n) is 11.2. The number of thiophene rings is 1. The number of Topliss-reactive ketones (excluding diaryl/α,β-unsaturated/α-hetero) is 1. The summed E-state index contributed by atoms with van der Waals surface area (Å²) in [7, 11) is 0. The number of carbonyl (C=O) groups is 1. The van der Waals surface area contributed by atoms with E-state index in [0.717, 1.165) is 43.8 Å². The zero-order valence-corrected chi connectivity index (χ0v) is 12.8. The standard InChI is InChI=1S/C14H20ClNO2S/c1-2-8-18-11-4-3-7-16(9-11)10-12(17)13-5-6-14(15)19-13/h5-6,11H,2-4,7-10H2,1H3. The number of nitrogens with zero attached hydrogens (tertiary/aromatic N) is 1. The van der Waals surface area contributed by atoms with Crippen LogP contribution in [-0.2, 0) is 4.74 Å². The average molecular weight is 302 g/mol. The molecule has 1 aliphatic heterocycles. The van der Waals surface area contributed by atoms with Gasteiger partial charge in [-0.1, -0.05) is 18.5 Å². The van der Waals surface area contributed by atoms with Gasteiger partial charge in [0.05, 0.1) is 21.9 Å². The molecule has 0 radical (unpaired) electrons. The Labute approximate surface area is 123 Å². The highest BCUT2D eigenvalue weighted by Gasteiger charge is 2.22. The van der Waals surface area contributed by atoms with Crippen LogP contribution in [0.4, 0.5) is 0 Å². The third kappa shape index (κ3) is 4.56. The largest absolute Gasteiger partial charge is 0.377 e. The van der Waals surface area contributed by atoms with E-state index in [9.17, 15) is 4.79 Å². The molecule has 0 aliphatic carbocycles. The van der Waals surface area contributed by atoms with E-state index in [1.165, 1.54) is 11.3 Å². The number of hydrogen-bond donors (Lipinski definition) is 0. The lowest BCUT2D eigenvalue weighted by Crippen LogP contribution is -2.42. The van der Waals surface area contributed by atoms with Crippen LogP contribution >= 0.6 is 22.9 Å². The maximum atomic E-state index is 12.1. The Morgan fingerprint density at radius 2 is 2.42 bits per heavy atom. The second-order valence-corrected chi connectivity index (χ2v) is 6.61. The first kappa shape index (κ1) is 15.0. The topological polar surface area (TPSA) is 29.5 Å². The van der Waals surface area contributed by atoms with Gasteiger partial charge >= 0.3 is 0 Å². The number of ketones is 1. The summed E-state index contributed by atoms with van der Waals surface area (Å²) in [6.07, 6.45) is 3.54. The quantitative estimate of drug-likeness (QED) is 0.754. The van der Waals surface area contributed by atoms with E-state index in [4.69, 9.17) is 16.3 Å². The number of hydrogen-bond acceptors (Lipinski definition) is 4. The summed E-state index contributed by atoms with van der Waals surface area (Å²) in [6, 6.07) is 3.59. The molecule has 106 valence electrons. The molecule has 5 heteroatoms. The normalized spacial score (nSPS) is 20.6. The molecule has 0 spiro atoms. The van der Waals surface area contributed by atoms with E-state index in [1.54, 1.807) is 6.07 Å². The van der Waals surface area contributed by atoms with Crippen LogP contribution in [0.2, 0.25) is 4.34 Å². The van der Waals surface area contributed by atoms with E-state index in [2.05, 4.69) is 11.8 Å². The molecule has 0 amide bonds. The molecule has 1 aromatic rings. The molecule has 19 heavy (non-hydrogen) atoms. The molecule has 0 bridgehead atoms. The van der Waals surface area contributed by atoms with Crippen LogP contribution in [0.5, 0.6) is 0 Å². The van der Waals surface area contributed by atoms with Crippen molar-refractivity contribution < 1.29 is 9.53 Å². The first-order valence-electron chi connectivity index (χ1n) is 6.81. The molecule has 1 fully saturated rings. The molecule has 1 aliphatic rings. The summed E-state index contributed by atoms with van der Waals surface area (Å²) in [4.78, 5) is 15.1. The monoisotopic (exact) mass is 301 g/mol. The van der Waals surface area contributed by atoms with Gasteiger partial charge in [-0.25, -0.2) is 0 Å². The van der Waals surface area contributed by atoms with Crippen molar-refractivity contribution >= 4 is 28.7 Å². The van der Waals surface area contributed by atoms with Crippen LogP contribution in [0, 0.1) is 0 Å². The Morgan fingerprint density at radius 3 is 3.11 bits per heavy atom. The van der Waals surface area contributed by atoms with Gasteiger partial charge in [0.1, 0.15) is 0 Å². The van der Waals surface area contributed by atoms with Crippen LogP contribution in [0.1, 0.15) is 35.9 Å². The summed E-state index contributed by atoms with van der Waals surface area (Å²) in [6.45, 7) is 5.25. The number of ether oxygens (including phenoxy) is 1. The van der Waals surface area contributed by atoms with Gasteiger partial charge in [0.25, 0.3) is 0 Å². The fourth-order valence-corrected chi connectivity index (χ4v) is 3.30. The predicted octanol–water partition coefficient (Wildman–Crippen LogP) is 3.48. The lowest BCUT2D eigenvalue weighted by Gasteiger charge is -2.31. The molecule has 0 N–H and O–H groups in total. The number of halogens is 1. The average Bonchev–Trinajstić information content (AvgIpc) is 2.83. The van der Waals surface area contributed by atoms with Crippen molar-refractivity contribution in [3.8, 4) is 0 Å². The SMILES string of the molecule is CCCOC1CCCN(CC(=O)c2ccc(Cl)s2)C1. The Bertz CT molecular complexity index is 421. The van der Waals surface area contributed by atoms with Gasteiger partial charge in [0, 0.05) is 13.2 Å². The van der Waals surface area contributed by atoms with E-state index < -0.39 is 0 Å². The fraction of sp³-hybridized carbons (Fsp3) is 0.643. The number of likely N-dealkylation sites (tertiary alicyclic amines) is 1. The summed E-state index contributed by atoms with van der Waals surface area (Å²) in [5.74, 6) is 0.160. The van der Waals surface area contributed by atoms with Crippen molar-refractivity contribution in [2.45, 2.75) is 32.3 Å². The maximum Gasteiger partial charge on any atom is 0.186 e. The molecular weight excluding hydrogens is 282 g/mol. The highest BCUT2D eigenvalue weighted by atomic mass is 35.5. The Balaban J connectivity index is 1.83. The molecule has 2 heterocycles. The summed E-state index contributed by atoms with van der Waals surface area (Å²) >= 11 is 7.22. The molecular formula is C14H20ClNO2S. The van der Waals surface area contributed by atoms with Crippen LogP contribution in [0.3, 0.4) is 0 Å². The lowest BCUT2D eigenvalue weighted by atomic mass is 10.1. The van der Waals surface area contributed by atoms with Crippen LogP contribution in [-0.4, -0.2) is 43.0 Å². The van der Waals surface area contributed by atoms with Gasteiger partial charge in [-0.2, -0.15) is 0 Å². The van der Waals surface area contributed by atoms with E-state index in [-0.39, 0.29) is 11.9 Å². The minimum Gasteiger partial charge on any atom is -0.377 e. The Hall–Kier alpha value is -0.420. The molecule has 3 nitrogen and oxygen atoms in total. The van der Waals surface area contributed by atoms with Crippen molar-refractivity contribution in [1.29, 1.82) is 0 Å². The van der Waals surface area contributed by atoms with E-state index in [1.807, 2.05) is 6.07 Å². The third-order valence-corrected chi connectivity index (χ3v) is 4.51. The van der Waals surface area contributed by atoms with Crippen molar-refractivity contribution in [3.05, 3.63) is 21.3 Å². The van der Waals surface area contributed by atoms with Crippen LogP contribution in [0.25, 0.3) is 0 Å². The molecule has 0 saturated carbocycles. The van der Waals surface area contributed by atoms with Gasteiger partial charge in [-0.3, -0.25) is 9.69 Å². The minimum atomic E-state index is 0.160. The van der Waals surface area contributed by atoms with Gasteiger partial charge < -0.3 is 4.74 Å². The van der Waals surface area contributed by atoms with Gasteiger partial charge in [-0.05, 0) is 37.9 Å². The summed E-state index contributed by atoms with van der Waals surface area (Å²) in [5.41, 5.74) is 0. The lowest BCUT2D eigenvalue weighted by molar-refractivity contribution is 0.00134. The summed E-state index contributed by atoms with van der Waals surface area (Å²) < 4.78 is 6.45. The highest BCUT2D eigenvalue weighted by Crippen LogP contribution is 2.22. The second-order valence-electron chi connectivity index (χ2n) is 4.90. The number of piperidine rings is 1. The van der Waals surface area contributed by atoms with Crippen molar-refractivity contribution in [2.75, 3.05) is 26.2 Å². The predicted molar refractivity (Wildman–Crippen MR) is 79.4 cm³/mol. The van der Waals surface area contributed by atoms with E-state index in [0.29, 0.717) is 10.9 Å². The molecule has 0 aromatic carbocycles.